The lowest BCUT2D eigenvalue weighted by Gasteiger charge is -2.20. The standard InChI is InChI=1S/C12H18O2/c1-2-3-9-13-11-7-5-4-6-8-12(11)10-14-12/h11H,4-10H2,1H3. The highest BCUT2D eigenvalue weighted by Crippen LogP contribution is 2.42. The number of rotatable bonds is 2. The molecule has 0 N–H and O–H groups in total. The lowest BCUT2D eigenvalue weighted by Crippen LogP contribution is -2.31. The zero-order chi connectivity index (χ0) is 9.86. The van der Waals surface area contributed by atoms with Gasteiger partial charge in [0.2, 0.25) is 0 Å². The Labute approximate surface area is 86.0 Å². The second-order valence-electron chi connectivity index (χ2n) is 4.18. The summed E-state index contributed by atoms with van der Waals surface area (Å²) in [5.74, 6) is 5.81. The van der Waals surface area contributed by atoms with Crippen LogP contribution in [0.25, 0.3) is 0 Å². The van der Waals surface area contributed by atoms with E-state index in [1.165, 1.54) is 25.7 Å². The molecule has 2 atom stereocenters. The molecule has 1 saturated carbocycles. The van der Waals surface area contributed by atoms with Gasteiger partial charge in [-0.05, 0) is 19.8 Å². The van der Waals surface area contributed by atoms with Crippen molar-refractivity contribution in [3.05, 3.63) is 0 Å². The van der Waals surface area contributed by atoms with Crippen LogP contribution < -0.4 is 0 Å². The molecule has 1 saturated heterocycles. The van der Waals surface area contributed by atoms with Crippen molar-refractivity contribution in [3.63, 3.8) is 0 Å². The van der Waals surface area contributed by atoms with Crippen LogP contribution in [0.4, 0.5) is 0 Å². The van der Waals surface area contributed by atoms with Crippen molar-refractivity contribution in [1.82, 2.24) is 0 Å². The summed E-state index contributed by atoms with van der Waals surface area (Å²) in [5, 5.41) is 0. The van der Waals surface area contributed by atoms with Crippen molar-refractivity contribution >= 4 is 0 Å². The van der Waals surface area contributed by atoms with Crippen LogP contribution in [0.3, 0.4) is 0 Å². The molecule has 1 heterocycles. The summed E-state index contributed by atoms with van der Waals surface area (Å²) in [7, 11) is 0. The maximum absolute atomic E-state index is 5.78. The lowest BCUT2D eigenvalue weighted by molar-refractivity contribution is 0.00870. The monoisotopic (exact) mass is 194 g/mol. The van der Waals surface area contributed by atoms with Gasteiger partial charge in [-0.15, -0.1) is 5.92 Å². The van der Waals surface area contributed by atoms with Crippen LogP contribution in [0, 0.1) is 11.8 Å². The molecule has 1 aliphatic carbocycles. The third kappa shape index (κ3) is 2.10. The summed E-state index contributed by atoms with van der Waals surface area (Å²) < 4.78 is 11.4. The highest BCUT2D eigenvalue weighted by molar-refractivity contribution is 5.02. The molecular formula is C12H18O2. The molecule has 0 radical (unpaired) electrons. The van der Waals surface area contributed by atoms with Gasteiger partial charge in [0.25, 0.3) is 0 Å². The van der Waals surface area contributed by atoms with E-state index in [9.17, 15) is 0 Å². The van der Waals surface area contributed by atoms with E-state index in [1.54, 1.807) is 0 Å². The summed E-state index contributed by atoms with van der Waals surface area (Å²) in [6.45, 7) is 3.31. The molecule has 1 aliphatic heterocycles. The minimum atomic E-state index is 0.0892. The average molecular weight is 194 g/mol. The van der Waals surface area contributed by atoms with Gasteiger partial charge in [-0.1, -0.05) is 25.2 Å². The fourth-order valence-electron chi connectivity index (χ4n) is 2.23. The highest BCUT2D eigenvalue weighted by atomic mass is 16.6. The van der Waals surface area contributed by atoms with Gasteiger partial charge >= 0.3 is 0 Å². The fraction of sp³-hybridized carbons (Fsp3) is 0.833. The summed E-state index contributed by atoms with van der Waals surface area (Å²) in [4.78, 5) is 0. The maximum atomic E-state index is 5.78. The molecule has 0 aromatic rings. The van der Waals surface area contributed by atoms with E-state index in [4.69, 9.17) is 9.47 Å². The Bertz CT molecular complexity index is 245. The zero-order valence-electron chi connectivity index (χ0n) is 8.84. The second-order valence-corrected chi connectivity index (χ2v) is 4.18. The third-order valence-electron chi connectivity index (χ3n) is 3.20. The van der Waals surface area contributed by atoms with Crippen LogP contribution in [-0.2, 0) is 9.47 Å². The molecule has 2 nitrogen and oxygen atoms in total. The van der Waals surface area contributed by atoms with E-state index in [-0.39, 0.29) is 5.60 Å². The Morgan fingerprint density at radius 1 is 1.43 bits per heavy atom. The van der Waals surface area contributed by atoms with Crippen molar-refractivity contribution in [3.8, 4) is 11.8 Å². The van der Waals surface area contributed by atoms with Crippen molar-refractivity contribution < 1.29 is 9.47 Å². The minimum absolute atomic E-state index is 0.0892. The average Bonchev–Trinajstić information content (AvgIpc) is 2.98. The van der Waals surface area contributed by atoms with Gasteiger partial charge in [0.1, 0.15) is 12.2 Å². The number of ether oxygens (including phenoxy) is 2. The first-order valence-electron chi connectivity index (χ1n) is 5.52. The summed E-state index contributed by atoms with van der Waals surface area (Å²) in [6.07, 6.45) is 6.51. The highest BCUT2D eigenvalue weighted by Gasteiger charge is 2.52. The summed E-state index contributed by atoms with van der Waals surface area (Å²) in [5.41, 5.74) is 0.0892. The third-order valence-corrected chi connectivity index (χ3v) is 3.20. The molecule has 0 aromatic carbocycles. The van der Waals surface area contributed by atoms with Gasteiger partial charge in [-0.25, -0.2) is 0 Å². The predicted molar refractivity (Wildman–Crippen MR) is 55.0 cm³/mol. The van der Waals surface area contributed by atoms with Crippen molar-refractivity contribution in [2.45, 2.75) is 50.7 Å². The number of hydrogen-bond donors (Lipinski definition) is 0. The molecule has 0 bridgehead atoms. The molecule has 2 heteroatoms. The first-order chi connectivity index (χ1) is 6.87. The van der Waals surface area contributed by atoms with E-state index in [2.05, 4.69) is 11.8 Å². The molecule has 2 unspecified atom stereocenters. The van der Waals surface area contributed by atoms with E-state index < -0.39 is 0 Å². The maximum Gasteiger partial charge on any atom is 0.118 e. The summed E-state index contributed by atoms with van der Waals surface area (Å²) >= 11 is 0. The molecule has 0 amide bonds. The quantitative estimate of drug-likeness (QED) is 0.496. The predicted octanol–water partition coefficient (Wildman–Crippen LogP) is 2.13. The van der Waals surface area contributed by atoms with Crippen LogP contribution in [0.1, 0.15) is 39.0 Å². The Balaban J connectivity index is 1.88. The summed E-state index contributed by atoms with van der Waals surface area (Å²) in [6, 6.07) is 0. The molecule has 0 aromatic heterocycles. The Morgan fingerprint density at radius 2 is 2.29 bits per heavy atom. The van der Waals surface area contributed by atoms with Crippen LogP contribution in [-0.4, -0.2) is 24.9 Å². The van der Waals surface area contributed by atoms with Crippen LogP contribution in [0.15, 0.2) is 0 Å². The van der Waals surface area contributed by atoms with Gasteiger partial charge in [-0.3, -0.25) is 0 Å². The first-order valence-corrected chi connectivity index (χ1v) is 5.52. The fourth-order valence-corrected chi connectivity index (χ4v) is 2.23. The smallest absolute Gasteiger partial charge is 0.118 e. The van der Waals surface area contributed by atoms with Gasteiger partial charge in [0.05, 0.1) is 12.7 Å². The van der Waals surface area contributed by atoms with Crippen molar-refractivity contribution in [2.75, 3.05) is 13.2 Å². The zero-order valence-corrected chi connectivity index (χ0v) is 8.84. The van der Waals surface area contributed by atoms with Crippen LogP contribution >= 0.6 is 0 Å². The van der Waals surface area contributed by atoms with E-state index in [0.29, 0.717) is 12.7 Å². The van der Waals surface area contributed by atoms with Crippen LogP contribution in [0.2, 0.25) is 0 Å². The Kier molecular flexibility index (Phi) is 3.10. The molecule has 2 fully saturated rings. The second kappa shape index (κ2) is 4.33. The van der Waals surface area contributed by atoms with Crippen LogP contribution in [0.5, 0.6) is 0 Å². The van der Waals surface area contributed by atoms with Gasteiger partial charge in [-0.2, -0.15) is 0 Å². The molecule has 78 valence electrons. The lowest BCUT2D eigenvalue weighted by atomic mass is 9.98. The molecule has 1 spiro atoms. The topological polar surface area (TPSA) is 21.8 Å². The number of hydrogen-bond acceptors (Lipinski definition) is 2. The molecule has 2 aliphatic rings. The molecular weight excluding hydrogens is 176 g/mol. The van der Waals surface area contributed by atoms with Crippen molar-refractivity contribution in [2.24, 2.45) is 0 Å². The Morgan fingerprint density at radius 3 is 3.00 bits per heavy atom. The minimum Gasteiger partial charge on any atom is -0.367 e. The van der Waals surface area contributed by atoms with E-state index >= 15 is 0 Å². The largest absolute Gasteiger partial charge is 0.367 e. The van der Waals surface area contributed by atoms with Crippen molar-refractivity contribution in [1.29, 1.82) is 0 Å². The normalized spacial score (nSPS) is 35.9. The number of epoxide rings is 1. The van der Waals surface area contributed by atoms with Gasteiger partial charge < -0.3 is 9.47 Å². The molecule has 2 rings (SSSR count). The SMILES string of the molecule is CC#CCOC1CCCCCC12CO2. The first kappa shape index (κ1) is 10.0. The van der Waals surface area contributed by atoms with E-state index in [0.717, 1.165) is 13.0 Å². The van der Waals surface area contributed by atoms with Gasteiger partial charge in [0, 0.05) is 0 Å². The van der Waals surface area contributed by atoms with Gasteiger partial charge in [0.15, 0.2) is 0 Å². The Hall–Kier alpha value is -0.520. The van der Waals surface area contributed by atoms with E-state index in [1.807, 2.05) is 6.92 Å². The molecule has 14 heavy (non-hydrogen) atoms.